The number of halogens is 1. The predicted molar refractivity (Wildman–Crippen MR) is 124 cm³/mol. The maximum atomic E-state index is 12.5. The van der Waals surface area contributed by atoms with Crippen molar-refractivity contribution in [2.45, 2.75) is 18.8 Å². The molecule has 0 bridgehead atoms. The first-order valence-corrected chi connectivity index (χ1v) is 10.8. The average molecular weight is 449 g/mol. The van der Waals surface area contributed by atoms with Crippen molar-refractivity contribution in [3.05, 3.63) is 75.8 Å². The minimum Gasteiger partial charge on any atom is -0.437 e. The number of pyridine rings is 2. The number of nitrogens with zero attached hydrogens (tertiary/aromatic N) is 3. The van der Waals surface area contributed by atoms with Crippen LogP contribution in [0.3, 0.4) is 0 Å². The van der Waals surface area contributed by atoms with E-state index < -0.39 is 0 Å². The zero-order valence-corrected chi connectivity index (χ0v) is 17.9. The van der Waals surface area contributed by atoms with Gasteiger partial charge in [0.05, 0.1) is 16.6 Å². The van der Waals surface area contributed by atoms with Crippen molar-refractivity contribution in [1.29, 1.82) is 0 Å². The Morgan fingerprint density at radius 3 is 2.72 bits per heavy atom. The van der Waals surface area contributed by atoms with Gasteiger partial charge in [-0.25, -0.2) is 10.1 Å². The fourth-order valence-electron chi connectivity index (χ4n) is 3.88. The number of nitrogens with one attached hydrogen (secondary N) is 3. The third kappa shape index (κ3) is 4.28. The van der Waals surface area contributed by atoms with Gasteiger partial charge >= 0.3 is 0 Å². The summed E-state index contributed by atoms with van der Waals surface area (Å²) in [6, 6.07) is 12.8. The molecule has 0 saturated carbocycles. The van der Waals surface area contributed by atoms with Crippen LogP contribution in [0.2, 0.25) is 5.02 Å². The Kier molecular flexibility index (Phi) is 5.70. The topological polar surface area (TPSA) is 105 Å². The van der Waals surface area contributed by atoms with E-state index in [9.17, 15) is 4.79 Å². The minimum absolute atomic E-state index is 0.284. The van der Waals surface area contributed by atoms with Gasteiger partial charge in [-0.2, -0.15) is 10.1 Å². The van der Waals surface area contributed by atoms with Gasteiger partial charge in [0.2, 0.25) is 5.88 Å². The minimum atomic E-state index is -0.354. The molecule has 3 aromatic heterocycles. The average Bonchev–Trinajstić information content (AvgIpc) is 2.82. The predicted octanol–water partition coefficient (Wildman–Crippen LogP) is 4.37. The van der Waals surface area contributed by atoms with Gasteiger partial charge in [-0.05, 0) is 55.6 Å². The fourth-order valence-corrected chi connectivity index (χ4v) is 4.05. The molecule has 1 fully saturated rings. The second-order valence-electron chi connectivity index (χ2n) is 7.63. The summed E-state index contributed by atoms with van der Waals surface area (Å²) in [7, 11) is 0. The maximum Gasteiger partial charge on any atom is 0.275 e. The number of aromatic nitrogens is 4. The van der Waals surface area contributed by atoms with Crippen molar-refractivity contribution in [3.8, 4) is 11.6 Å². The Hall–Kier alpha value is -3.49. The van der Waals surface area contributed by atoms with Crippen LogP contribution in [0.15, 0.2) is 59.7 Å². The highest BCUT2D eigenvalue weighted by molar-refractivity contribution is 6.32. The lowest BCUT2D eigenvalue weighted by Crippen LogP contribution is -2.26. The molecule has 0 unspecified atom stereocenters. The molecular weight excluding hydrogens is 428 g/mol. The van der Waals surface area contributed by atoms with E-state index in [-0.39, 0.29) is 11.4 Å². The first-order valence-electron chi connectivity index (χ1n) is 10.4. The molecule has 0 aliphatic carbocycles. The van der Waals surface area contributed by atoms with Crippen LogP contribution in [-0.4, -0.2) is 33.3 Å². The van der Waals surface area contributed by atoms with E-state index in [0.29, 0.717) is 39.1 Å². The summed E-state index contributed by atoms with van der Waals surface area (Å²) in [4.78, 5) is 21.6. The van der Waals surface area contributed by atoms with Crippen LogP contribution >= 0.6 is 11.6 Å². The largest absolute Gasteiger partial charge is 0.437 e. The molecule has 1 aromatic carbocycles. The summed E-state index contributed by atoms with van der Waals surface area (Å²) >= 11 is 6.22. The van der Waals surface area contributed by atoms with Gasteiger partial charge in [0, 0.05) is 17.6 Å². The highest BCUT2D eigenvalue weighted by Gasteiger charge is 2.16. The molecular formula is C23H21ClN6O2. The van der Waals surface area contributed by atoms with Crippen LogP contribution in [0.4, 0.5) is 11.6 Å². The molecule has 4 heterocycles. The smallest absolute Gasteiger partial charge is 0.275 e. The Labute approximate surface area is 189 Å². The monoisotopic (exact) mass is 448 g/mol. The number of ether oxygens (including phenoxy) is 1. The molecule has 1 aliphatic heterocycles. The lowest BCUT2D eigenvalue weighted by Gasteiger charge is -2.22. The molecule has 1 saturated heterocycles. The number of benzene rings is 1. The highest BCUT2D eigenvalue weighted by atomic mass is 35.5. The summed E-state index contributed by atoms with van der Waals surface area (Å²) in [5.74, 6) is 2.18. The highest BCUT2D eigenvalue weighted by Crippen LogP contribution is 2.32. The normalized spacial score (nSPS) is 14.4. The van der Waals surface area contributed by atoms with Gasteiger partial charge in [0.1, 0.15) is 17.4 Å². The second-order valence-corrected chi connectivity index (χ2v) is 8.04. The molecule has 3 N–H and O–H groups in total. The third-order valence-corrected chi connectivity index (χ3v) is 5.83. The van der Waals surface area contributed by atoms with E-state index in [1.807, 2.05) is 24.4 Å². The number of H-pyrrole nitrogens is 1. The summed E-state index contributed by atoms with van der Waals surface area (Å²) in [6.45, 7) is 2.05. The van der Waals surface area contributed by atoms with Crippen LogP contribution in [0.5, 0.6) is 11.6 Å². The van der Waals surface area contributed by atoms with Crippen molar-refractivity contribution in [2.75, 3.05) is 18.4 Å². The van der Waals surface area contributed by atoms with Gasteiger partial charge in [-0.1, -0.05) is 29.8 Å². The molecule has 1 aliphatic rings. The Morgan fingerprint density at radius 2 is 1.94 bits per heavy atom. The van der Waals surface area contributed by atoms with Crippen LogP contribution in [0, 0.1) is 0 Å². The van der Waals surface area contributed by atoms with Gasteiger partial charge in [-0.3, -0.25) is 4.79 Å². The van der Waals surface area contributed by atoms with E-state index in [4.69, 9.17) is 16.3 Å². The van der Waals surface area contributed by atoms with Crippen molar-refractivity contribution >= 4 is 34.0 Å². The van der Waals surface area contributed by atoms with Crippen molar-refractivity contribution in [2.24, 2.45) is 0 Å². The van der Waals surface area contributed by atoms with Gasteiger partial charge in [0.25, 0.3) is 5.56 Å². The molecule has 0 radical (unpaired) electrons. The molecule has 5 rings (SSSR count). The number of para-hydroxylation sites is 1. The summed E-state index contributed by atoms with van der Waals surface area (Å²) in [5.41, 5.74) is 0.862. The van der Waals surface area contributed by atoms with Crippen LogP contribution in [-0.2, 0) is 0 Å². The van der Waals surface area contributed by atoms with Gasteiger partial charge in [-0.15, -0.1) is 0 Å². The molecule has 0 spiro atoms. The number of anilines is 2. The molecule has 32 heavy (non-hydrogen) atoms. The third-order valence-electron chi connectivity index (χ3n) is 5.52. The van der Waals surface area contributed by atoms with E-state index in [2.05, 4.69) is 36.9 Å². The van der Waals surface area contributed by atoms with Gasteiger partial charge < -0.3 is 15.4 Å². The molecule has 8 nitrogen and oxygen atoms in total. The zero-order chi connectivity index (χ0) is 21.9. The van der Waals surface area contributed by atoms with Crippen molar-refractivity contribution in [1.82, 2.24) is 25.5 Å². The number of piperidine rings is 1. The molecule has 0 amide bonds. The second kappa shape index (κ2) is 8.94. The summed E-state index contributed by atoms with van der Waals surface area (Å²) < 4.78 is 5.88. The Bertz CT molecular complexity index is 1300. The Morgan fingerprint density at radius 1 is 1.09 bits per heavy atom. The van der Waals surface area contributed by atoms with Gasteiger partial charge in [0.15, 0.2) is 0 Å². The number of rotatable bonds is 5. The van der Waals surface area contributed by atoms with Crippen molar-refractivity contribution in [3.63, 3.8) is 0 Å². The maximum absolute atomic E-state index is 12.5. The first-order chi connectivity index (χ1) is 15.7. The van der Waals surface area contributed by atoms with Crippen molar-refractivity contribution < 1.29 is 4.74 Å². The SMILES string of the molecule is O=c1[nH]ncc2cc(Oc3ccccc3Cl)nc(Nc3ccc(C4CCNCC4)cn3)c12. The molecule has 4 aromatic rings. The lowest BCUT2D eigenvalue weighted by atomic mass is 9.91. The fraction of sp³-hybridized carbons (Fsp3) is 0.217. The summed E-state index contributed by atoms with van der Waals surface area (Å²) in [6.07, 6.45) is 5.64. The van der Waals surface area contributed by atoms with Crippen LogP contribution in [0.1, 0.15) is 24.3 Å². The van der Waals surface area contributed by atoms with E-state index >= 15 is 0 Å². The number of fused-ring (bicyclic) bond motifs is 1. The molecule has 9 heteroatoms. The zero-order valence-electron chi connectivity index (χ0n) is 17.1. The first kappa shape index (κ1) is 20.4. The molecule has 0 atom stereocenters. The van der Waals surface area contributed by atoms with E-state index in [1.54, 1.807) is 24.4 Å². The number of hydrogen-bond donors (Lipinski definition) is 3. The van der Waals surface area contributed by atoms with E-state index in [1.165, 1.54) is 5.56 Å². The number of aromatic amines is 1. The van der Waals surface area contributed by atoms with Crippen LogP contribution < -0.4 is 20.9 Å². The quantitative estimate of drug-likeness (QED) is 0.416. The summed E-state index contributed by atoms with van der Waals surface area (Å²) in [5, 5.41) is 14.3. The lowest BCUT2D eigenvalue weighted by molar-refractivity contribution is 0.459. The standard InChI is InChI=1S/C23H21ClN6O2/c24-17-3-1-2-4-18(17)32-20-11-16-13-27-30-23(31)21(16)22(29-20)28-19-6-5-15(12-26-19)14-7-9-25-10-8-14/h1-6,11-14,25H,7-10H2,(H,30,31)(H,26,28,29). The Balaban J connectivity index is 1.48. The number of hydrogen-bond acceptors (Lipinski definition) is 7. The van der Waals surface area contributed by atoms with Crippen LogP contribution in [0.25, 0.3) is 10.8 Å². The molecule has 162 valence electrons. The van der Waals surface area contributed by atoms with E-state index in [0.717, 1.165) is 25.9 Å².